The molecule has 1 fully saturated rings. The van der Waals surface area contributed by atoms with Crippen molar-refractivity contribution < 1.29 is 17.4 Å². The summed E-state index contributed by atoms with van der Waals surface area (Å²) < 4.78 is 40.2. The third kappa shape index (κ3) is 3.88. The number of sulfone groups is 1. The van der Waals surface area contributed by atoms with Crippen LogP contribution in [0.2, 0.25) is 0 Å². The molecule has 5 nitrogen and oxygen atoms in total. The molecule has 1 saturated heterocycles. The molecule has 2 N–H and O–H groups in total. The summed E-state index contributed by atoms with van der Waals surface area (Å²) in [4.78, 5) is 0.832. The molecule has 1 aliphatic heterocycles. The van der Waals surface area contributed by atoms with Gasteiger partial charge in [-0.2, -0.15) is 0 Å². The van der Waals surface area contributed by atoms with Gasteiger partial charge in [0.1, 0.15) is 0 Å². The van der Waals surface area contributed by atoms with Crippen LogP contribution in [0.4, 0.5) is 0 Å². The van der Waals surface area contributed by atoms with E-state index in [9.17, 15) is 12.6 Å². The van der Waals surface area contributed by atoms with Crippen LogP contribution in [0.1, 0.15) is 6.42 Å². The minimum Gasteiger partial charge on any atom is -0.381 e. The van der Waals surface area contributed by atoms with Crippen molar-refractivity contribution in [1.82, 2.24) is 0 Å². The zero-order chi connectivity index (χ0) is 14.8. The molecule has 7 heteroatoms. The Balaban J connectivity index is 2.02. The molecule has 20 heavy (non-hydrogen) atoms. The fourth-order valence-electron chi connectivity index (χ4n) is 2.14. The summed E-state index contributed by atoms with van der Waals surface area (Å²) in [6.45, 7) is 1.35. The minimum absolute atomic E-state index is 0.159. The van der Waals surface area contributed by atoms with E-state index in [4.69, 9.17) is 10.5 Å². The molecule has 0 aliphatic carbocycles. The average Bonchev–Trinajstić information content (AvgIpc) is 2.91. The normalized spacial score (nSPS) is 22.6. The maximum absolute atomic E-state index is 12.2. The summed E-state index contributed by atoms with van der Waals surface area (Å²) >= 11 is 0. The number of rotatable bonds is 5. The second kappa shape index (κ2) is 6.34. The zero-order valence-electron chi connectivity index (χ0n) is 11.3. The van der Waals surface area contributed by atoms with Gasteiger partial charge in [-0.3, -0.25) is 4.21 Å². The number of hydrogen-bond acceptors (Lipinski definition) is 5. The summed E-state index contributed by atoms with van der Waals surface area (Å²) in [5.41, 5.74) is 6.05. The van der Waals surface area contributed by atoms with Crippen LogP contribution in [-0.2, 0) is 25.4 Å². The van der Waals surface area contributed by atoms with Gasteiger partial charge in [0, 0.05) is 35.5 Å². The molecule has 1 aliphatic rings. The smallest absolute Gasteiger partial charge is 0.175 e. The monoisotopic (exact) mass is 317 g/mol. The summed E-state index contributed by atoms with van der Waals surface area (Å²) in [5, 5.41) is 0. The van der Waals surface area contributed by atoms with Crippen molar-refractivity contribution in [2.24, 2.45) is 11.7 Å². The Bertz CT molecular complexity index is 577. The molecule has 0 amide bonds. The molecule has 0 bridgehead atoms. The van der Waals surface area contributed by atoms with Crippen LogP contribution in [0.15, 0.2) is 34.1 Å². The predicted molar refractivity (Wildman–Crippen MR) is 77.7 cm³/mol. The van der Waals surface area contributed by atoms with Gasteiger partial charge in [-0.05, 0) is 30.7 Å². The Morgan fingerprint density at radius 3 is 2.55 bits per heavy atom. The van der Waals surface area contributed by atoms with E-state index in [-0.39, 0.29) is 16.9 Å². The van der Waals surface area contributed by atoms with Crippen molar-refractivity contribution >= 4 is 20.6 Å². The van der Waals surface area contributed by atoms with E-state index >= 15 is 0 Å². The molecule has 1 aromatic rings. The first kappa shape index (κ1) is 15.6. The number of hydrogen-bond donors (Lipinski definition) is 1. The first-order chi connectivity index (χ1) is 9.38. The van der Waals surface area contributed by atoms with E-state index in [0.717, 1.165) is 12.7 Å². The highest BCUT2D eigenvalue weighted by Gasteiger charge is 2.24. The summed E-state index contributed by atoms with van der Waals surface area (Å²) in [6, 6.07) is 5.97. The predicted octanol–water partition coefficient (Wildman–Crippen LogP) is 0.562. The van der Waals surface area contributed by atoms with Gasteiger partial charge >= 0.3 is 0 Å². The van der Waals surface area contributed by atoms with Gasteiger partial charge in [0.05, 0.1) is 22.3 Å². The van der Waals surface area contributed by atoms with E-state index in [1.54, 1.807) is 12.1 Å². The Labute approximate surface area is 121 Å². The Morgan fingerprint density at radius 2 is 2.05 bits per heavy atom. The van der Waals surface area contributed by atoms with Crippen LogP contribution in [0, 0.1) is 5.92 Å². The second-order valence-corrected chi connectivity index (χ2v) is 8.55. The van der Waals surface area contributed by atoms with Crippen molar-refractivity contribution in [3.05, 3.63) is 24.3 Å². The van der Waals surface area contributed by atoms with E-state index in [2.05, 4.69) is 0 Å². The topological polar surface area (TPSA) is 86.5 Å². The van der Waals surface area contributed by atoms with E-state index in [0.29, 0.717) is 23.9 Å². The number of benzene rings is 1. The van der Waals surface area contributed by atoms with Gasteiger partial charge in [0.25, 0.3) is 0 Å². The number of ether oxygens (including phenoxy) is 1. The molecule has 2 rings (SSSR count). The third-order valence-corrected chi connectivity index (χ3v) is 6.04. The molecule has 0 saturated carbocycles. The fourth-order valence-corrected chi connectivity index (χ4v) is 4.02. The molecule has 1 aromatic carbocycles. The van der Waals surface area contributed by atoms with Gasteiger partial charge < -0.3 is 10.5 Å². The average molecular weight is 317 g/mol. The summed E-state index contributed by atoms with van der Waals surface area (Å²) in [6.07, 6.45) is 2.06. The molecule has 3 unspecified atom stereocenters. The molecule has 0 radical (unpaired) electrons. The van der Waals surface area contributed by atoms with Crippen LogP contribution in [0.5, 0.6) is 0 Å². The molecule has 0 aromatic heterocycles. The van der Waals surface area contributed by atoms with Gasteiger partial charge in [0.15, 0.2) is 9.84 Å². The van der Waals surface area contributed by atoms with Crippen molar-refractivity contribution in [2.45, 2.75) is 22.3 Å². The minimum atomic E-state index is -3.22. The Morgan fingerprint density at radius 1 is 1.40 bits per heavy atom. The van der Waals surface area contributed by atoms with Crippen molar-refractivity contribution in [1.29, 1.82) is 0 Å². The van der Waals surface area contributed by atoms with Crippen LogP contribution in [-0.4, -0.2) is 43.9 Å². The van der Waals surface area contributed by atoms with Crippen molar-refractivity contribution in [3.8, 4) is 0 Å². The third-order valence-electron chi connectivity index (χ3n) is 3.43. The lowest BCUT2D eigenvalue weighted by Gasteiger charge is -2.16. The van der Waals surface area contributed by atoms with Gasteiger partial charge in [0.2, 0.25) is 0 Å². The molecule has 112 valence electrons. The second-order valence-electron chi connectivity index (χ2n) is 5.04. The maximum Gasteiger partial charge on any atom is 0.175 e. The number of nitrogens with two attached hydrogens (primary N) is 1. The summed E-state index contributed by atoms with van der Waals surface area (Å²) in [7, 11) is -4.44. The van der Waals surface area contributed by atoms with Gasteiger partial charge in [-0.15, -0.1) is 0 Å². The van der Waals surface area contributed by atoms with Gasteiger partial charge in [-0.1, -0.05) is 0 Å². The highest BCUT2D eigenvalue weighted by Crippen LogP contribution is 2.19. The van der Waals surface area contributed by atoms with E-state index in [1.165, 1.54) is 12.1 Å². The zero-order valence-corrected chi connectivity index (χ0v) is 13.0. The molecule has 0 spiro atoms. The van der Waals surface area contributed by atoms with Crippen molar-refractivity contribution in [2.75, 3.05) is 25.2 Å². The maximum atomic E-state index is 12.2. The van der Waals surface area contributed by atoms with E-state index in [1.807, 2.05) is 0 Å². The van der Waals surface area contributed by atoms with Gasteiger partial charge in [-0.25, -0.2) is 8.42 Å². The molecular formula is C13H19NO4S2. The first-order valence-electron chi connectivity index (χ1n) is 6.40. The largest absolute Gasteiger partial charge is 0.381 e. The highest BCUT2D eigenvalue weighted by atomic mass is 32.2. The highest BCUT2D eigenvalue weighted by molar-refractivity contribution is 7.90. The van der Waals surface area contributed by atoms with Crippen LogP contribution >= 0.6 is 0 Å². The summed E-state index contributed by atoms with van der Waals surface area (Å²) in [5.74, 6) is 0.626. The molecule has 3 atom stereocenters. The Kier molecular flexibility index (Phi) is 4.95. The van der Waals surface area contributed by atoms with Crippen molar-refractivity contribution in [3.63, 3.8) is 0 Å². The standard InChI is InChI=1S/C13H19NO4S2/c1-20(16,17)12-4-2-11(3-5-12)19(15)9-13(14)10-6-7-18-8-10/h2-5,10,13H,6-9,14H2,1H3. The lowest BCUT2D eigenvalue weighted by atomic mass is 10.0. The molecule has 1 heterocycles. The quantitative estimate of drug-likeness (QED) is 0.857. The Hall–Kier alpha value is -0.760. The van der Waals surface area contributed by atoms with Crippen LogP contribution in [0.3, 0.4) is 0 Å². The van der Waals surface area contributed by atoms with Crippen LogP contribution < -0.4 is 5.73 Å². The molecular weight excluding hydrogens is 298 g/mol. The van der Waals surface area contributed by atoms with Crippen LogP contribution in [0.25, 0.3) is 0 Å². The lowest BCUT2D eigenvalue weighted by molar-refractivity contribution is 0.182. The SMILES string of the molecule is CS(=O)(=O)c1ccc(S(=O)CC(N)C2CCOC2)cc1. The fraction of sp³-hybridized carbons (Fsp3) is 0.538. The van der Waals surface area contributed by atoms with E-state index < -0.39 is 20.6 Å². The first-order valence-corrected chi connectivity index (χ1v) is 9.61. The lowest BCUT2D eigenvalue weighted by Crippen LogP contribution is -2.35.